The summed E-state index contributed by atoms with van der Waals surface area (Å²) in [5.74, 6) is 0.432. The summed E-state index contributed by atoms with van der Waals surface area (Å²) >= 11 is 1.01. The van der Waals surface area contributed by atoms with E-state index in [2.05, 4.69) is 5.32 Å². The van der Waals surface area contributed by atoms with E-state index in [1.165, 1.54) is 6.07 Å². The Balaban J connectivity index is 1.55. The van der Waals surface area contributed by atoms with Gasteiger partial charge in [-0.2, -0.15) is 0 Å². The molecule has 0 fully saturated rings. The number of ether oxygens (including phenoxy) is 1. The number of furan rings is 1. The largest absolute Gasteiger partial charge is 0.489 e. The maximum Gasteiger partial charge on any atom is 0.287 e. The van der Waals surface area contributed by atoms with Crippen molar-refractivity contribution in [2.45, 2.75) is 17.4 Å². The number of primary sulfonamides is 1. The minimum absolute atomic E-state index is 0.0486. The van der Waals surface area contributed by atoms with E-state index in [1.54, 1.807) is 12.1 Å². The topological polar surface area (TPSA) is 112 Å². The molecule has 0 atom stereocenters. The lowest BCUT2D eigenvalue weighted by molar-refractivity contribution is 0.0922. The number of benzene rings is 2. The molecular weight excluding hydrogens is 424 g/mol. The molecule has 0 aliphatic rings. The van der Waals surface area contributed by atoms with Gasteiger partial charge in [-0.3, -0.25) is 4.79 Å². The number of rotatable bonds is 7. The van der Waals surface area contributed by atoms with Gasteiger partial charge < -0.3 is 14.5 Å². The number of fused-ring (bicyclic) bond motifs is 1. The maximum absolute atomic E-state index is 12.8. The lowest BCUT2D eigenvalue weighted by Gasteiger charge is -2.07. The molecule has 2 aromatic carbocycles. The van der Waals surface area contributed by atoms with Crippen molar-refractivity contribution in [2.75, 3.05) is 0 Å². The summed E-state index contributed by atoms with van der Waals surface area (Å²) in [6.07, 6.45) is 0. The van der Waals surface area contributed by atoms with Crippen molar-refractivity contribution < 1.29 is 22.4 Å². The summed E-state index contributed by atoms with van der Waals surface area (Å²) in [4.78, 5) is 13.5. The highest BCUT2D eigenvalue weighted by atomic mass is 32.2. The minimum Gasteiger partial charge on any atom is -0.489 e. The zero-order valence-electron chi connectivity index (χ0n) is 15.7. The summed E-state index contributed by atoms with van der Waals surface area (Å²) in [5, 5.41) is 8.69. The number of thiophene rings is 1. The summed E-state index contributed by atoms with van der Waals surface area (Å²) < 4.78 is 34.5. The van der Waals surface area contributed by atoms with Crippen LogP contribution < -0.4 is 15.2 Å². The Morgan fingerprint density at radius 3 is 2.50 bits per heavy atom. The zero-order valence-corrected chi connectivity index (χ0v) is 17.3. The van der Waals surface area contributed by atoms with Gasteiger partial charge in [-0.05, 0) is 30.3 Å². The highest BCUT2D eigenvalue weighted by Crippen LogP contribution is 2.28. The average Bonchev–Trinajstić information content (AvgIpc) is 3.36. The number of hydrogen-bond acceptors (Lipinski definition) is 6. The van der Waals surface area contributed by atoms with Crippen LogP contribution in [0, 0.1) is 0 Å². The fraction of sp³-hybridized carbons (Fsp3) is 0.0952. The monoisotopic (exact) mass is 442 g/mol. The van der Waals surface area contributed by atoms with Crippen molar-refractivity contribution in [3.05, 3.63) is 82.9 Å². The molecule has 0 aliphatic carbocycles. The highest BCUT2D eigenvalue weighted by molar-refractivity contribution is 7.91. The summed E-state index contributed by atoms with van der Waals surface area (Å²) in [6, 6.07) is 19.7. The number of nitrogens with two attached hydrogens (primary N) is 1. The van der Waals surface area contributed by atoms with Gasteiger partial charge in [-0.1, -0.05) is 36.4 Å². The molecule has 3 N–H and O–H groups in total. The molecule has 0 unspecified atom stereocenters. The number of amides is 1. The third-order valence-corrected chi connectivity index (χ3v) is 6.90. The fourth-order valence-electron chi connectivity index (χ4n) is 2.95. The van der Waals surface area contributed by atoms with Gasteiger partial charge in [0.25, 0.3) is 5.91 Å². The molecule has 154 valence electrons. The molecule has 4 aromatic rings. The van der Waals surface area contributed by atoms with Crippen LogP contribution in [0.5, 0.6) is 5.75 Å². The van der Waals surface area contributed by atoms with Crippen molar-refractivity contribution in [1.82, 2.24) is 5.32 Å². The molecule has 0 bridgehead atoms. The van der Waals surface area contributed by atoms with Crippen molar-refractivity contribution in [3.8, 4) is 5.75 Å². The predicted octanol–water partition coefficient (Wildman–Crippen LogP) is 3.65. The SMILES string of the molecule is NS(=O)(=O)c1ccc(CNC(=O)c2oc3ccccc3c2COc2ccccc2)s1. The van der Waals surface area contributed by atoms with Crippen molar-refractivity contribution >= 4 is 38.2 Å². The average molecular weight is 443 g/mol. The quantitative estimate of drug-likeness (QED) is 0.454. The number of carbonyl (C=O) groups excluding carboxylic acids is 1. The Hall–Kier alpha value is -3.14. The molecule has 9 heteroatoms. The van der Waals surface area contributed by atoms with Crippen molar-refractivity contribution in [3.63, 3.8) is 0 Å². The van der Waals surface area contributed by atoms with Gasteiger partial charge in [0.1, 0.15) is 22.1 Å². The molecule has 4 rings (SSSR count). The molecule has 2 heterocycles. The summed E-state index contributed by atoms with van der Waals surface area (Å²) in [7, 11) is -3.76. The number of hydrogen-bond donors (Lipinski definition) is 2. The van der Waals surface area contributed by atoms with E-state index in [0.29, 0.717) is 21.8 Å². The summed E-state index contributed by atoms with van der Waals surface area (Å²) in [6.45, 7) is 0.313. The van der Waals surface area contributed by atoms with Crippen molar-refractivity contribution in [1.29, 1.82) is 0 Å². The normalized spacial score (nSPS) is 11.5. The Morgan fingerprint density at radius 2 is 1.77 bits per heavy atom. The van der Waals surface area contributed by atoms with Gasteiger partial charge in [0.05, 0.1) is 6.54 Å². The third kappa shape index (κ3) is 4.38. The molecule has 1 amide bonds. The van der Waals surface area contributed by atoms with Gasteiger partial charge in [-0.25, -0.2) is 13.6 Å². The Bertz CT molecular complexity index is 1290. The van der Waals surface area contributed by atoms with Crippen LogP contribution in [-0.2, 0) is 23.2 Å². The second-order valence-corrected chi connectivity index (χ2v) is 9.41. The van der Waals surface area contributed by atoms with Crippen LogP contribution in [-0.4, -0.2) is 14.3 Å². The predicted molar refractivity (Wildman–Crippen MR) is 114 cm³/mol. The first kappa shape index (κ1) is 20.1. The van der Waals surface area contributed by atoms with E-state index in [9.17, 15) is 13.2 Å². The van der Waals surface area contributed by atoms with Gasteiger partial charge in [-0.15, -0.1) is 11.3 Å². The molecule has 0 radical (unpaired) electrons. The third-order valence-electron chi connectivity index (χ3n) is 4.37. The molecular formula is C21H18N2O5S2. The van der Waals surface area contributed by atoms with Crippen LogP contribution in [0.4, 0.5) is 0 Å². The Morgan fingerprint density at radius 1 is 1.03 bits per heavy atom. The smallest absolute Gasteiger partial charge is 0.287 e. The van der Waals surface area contributed by atoms with E-state index in [4.69, 9.17) is 14.3 Å². The first-order chi connectivity index (χ1) is 14.4. The number of carbonyl (C=O) groups is 1. The number of para-hydroxylation sites is 2. The van der Waals surface area contributed by atoms with Gasteiger partial charge >= 0.3 is 0 Å². The molecule has 0 aliphatic heterocycles. The number of nitrogens with one attached hydrogen (secondary N) is 1. The van der Waals surface area contributed by atoms with E-state index < -0.39 is 15.9 Å². The van der Waals surface area contributed by atoms with Crippen LogP contribution in [0.25, 0.3) is 11.0 Å². The van der Waals surface area contributed by atoms with E-state index in [0.717, 1.165) is 16.7 Å². The van der Waals surface area contributed by atoms with E-state index >= 15 is 0 Å². The highest BCUT2D eigenvalue weighted by Gasteiger charge is 2.21. The molecule has 2 aromatic heterocycles. The van der Waals surface area contributed by atoms with Crippen LogP contribution in [0.1, 0.15) is 21.0 Å². The van der Waals surface area contributed by atoms with Gasteiger partial charge in [0.15, 0.2) is 5.76 Å². The molecule has 7 nitrogen and oxygen atoms in total. The molecule has 30 heavy (non-hydrogen) atoms. The van der Waals surface area contributed by atoms with Crippen LogP contribution >= 0.6 is 11.3 Å². The Labute approximate surface area is 177 Å². The minimum atomic E-state index is -3.76. The van der Waals surface area contributed by atoms with Gasteiger partial charge in [0.2, 0.25) is 10.0 Å². The maximum atomic E-state index is 12.8. The van der Waals surface area contributed by atoms with Gasteiger partial charge in [0, 0.05) is 15.8 Å². The Kier molecular flexibility index (Phi) is 5.58. The van der Waals surface area contributed by atoms with E-state index in [1.807, 2.05) is 48.5 Å². The van der Waals surface area contributed by atoms with Crippen LogP contribution in [0.2, 0.25) is 0 Å². The van der Waals surface area contributed by atoms with Crippen molar-refractivity contribution in [2.24, 2.45) is 5.14 Å². The van der Waals surface area contributed by atoms with E-state index in [-0.39, 0.29) is 23.1 Å². The second kappa shape index (κ2) is 8.31. The lowest BCUT2D eigenvalue weighted by atomic mass is 10.1. The fourth-order valence-corrected chi connectivity index (χ4v) is 4.67. The lowest BCUT2D eigenvalue weighted by Crippen LogP contribution is -2.23. The first-order valence-electron chi connectivity index (χ1n) is 9.00. The molecule has 0 saturated heterocycles. The first-order valence-corrected chi connectivity index (χ1v) is 11.4. The summed E-state index contributed by atoms with van der Waals surface area (Å²) in [5.41, 5.74) is 1.23. The standard InChI is InChI=1S/C21H18N2O5S2/c22-30(25,26)19-11-10-15(29-19)12-23-21(24)20-17(13-27-14-6-2-1-3-7-14)16-8-4-5-9-18(16)28-20/h1-11H,12-13H2,(H,23,24)(H2,22,25,26). The number of sulfonamides is 1. The van der Waals surface area contributed by atoms with Crippen LogP contribution in [0.3, 0.4) is 0 Å². The molecule has 0 spiro atoms. The second-order valence-electron chi connectivity index (χ2n) is 6.46. The zero-order chi connectivity index (χ0) is 21.1. The molecule has 0 saturated carbocycles. The van der Waals surface area contributed by atoms with Crippen LogP contribution in [0.15, 0.2) is 75.4 Å².